The number of fused-ring (bicyclic) bond motifs is 1. The van der Waals surface area contributed by atoms with E-state index >= 15 is 0 Å². The average Bonchev–Trinajstić information content (AvgIpc) is 2.65. The fourth-order valence-corrected chi connectivity index (χ4v) is 3.50. The monoisotopic (exact) mass is 356 g/mol. The minimum absolute atomic E-state index is 0.0463. The van der Waals surface area contributed by atoms with Gasteiger partial charge in [0.15, 0.2) is 0 Å². The fourth-order valence-electron chi connectivity index (χ4n) is 3.33. The second-order valence-electron chi connectivity index (χ2n) is 6.35. The highest BCUT2D eigenvalue weighted by molar-refractivity contribution is 6.31. The highest BCUT2D eigenvalue weighted by Gasteiger charge is 2.27. The van der Waals surface area contributed by atoms with Gasteiger partial charge in [0.1, 0.15) is 6.07 Å². The molecule has 0 unspecified atom stereocenters. The predicted octanol–water partition coefficient (Wildman–Crippen LogP) is 3.50. The van der Waals surface area contributed by atoms with E-state index in [0.717, 1.165) is 55.5 Å². The molecule has 0 spiro atoms. The zero-order valence-corrected chi connectivity index (χ0v) is 15.0. The number of carbonyl (C=O) groups is 1. The van der Waals surface area contributed by atoms with Gasteiger partial charge < -0.3 is 10.2 Å². The van der Waals surface area contributed by atoms with Crippen LogP contribution >= 0.6 is 11.6 Å². The van der Waals surface area contributed by atoms with Crippen LogP contribution in [0.15, 0.2) is 24.4 Å². The second-order valence-corrected chi connectivity index (χ2v) is 6.78. The minimum atomic E-state index is 0.0463. The zero-order valence-electron chi connectivity index (χ0n) is 14.3. The first kappa shape index (κ1) is 17.5. The lowest BCUT2D eigenvalue weighted by atomic mass is 9.94. The van der Waals surface area contributed by atoms with Gasteiger partial charge in [0.05, 0.1) is 16.8 Å². The third-order valence-corrected chi connectivity index (χ3v) is 4.89. The molecular weight excluding hydrogens is 336 g/mol. The van der Waals surface area contributed by atoms with Crippen molar-refractivity contribution in [3.05, 3.63) is 35.0 Å². The van der Waals surface area contributed by atoms with Crippen LogP contribution in [0.4, 0.5) is 5.69 Å². The smallest absolute Gasteiger partial charge is 0.223 e. The first-order valence-corrected chi connectivity index (χ1v) is 9.03. The SMILES string of the molecule is CCCNC(=O)C1CCN(c2c(C#N)cnc3ccc(Cl)cc23)CC1. The Hall–Kier alpha value is -2.32. The van der Waals surface area contributed by atoms with Gasteiger partial charge in [-0.2, -0.15) is 5.26 Å². The van der Waals surface area contributed by atoms with Crippen LogP contribution < -0.4 is 10.2 Å². The molecule has 130 valence electrons. The molecular formula is C19H21ClN4O. The summed E-state index contributed by atoms with van der Waals surface area (Å²) in [4.78, 5) is 18.7. The van der Waals surface area contributed by atoms with E-state index in [9.17, 15) is 10.1 Å². The molecule has 1 amide bonds. The Morgan fingerprint density at radius 1 is 1.44 bits per heavy atom. The van der Waals surface area contributed by atoms with Crippen LogP contribution in [0.25, 0.3) is 10.9 Å². The number of carbonyl (C=O) groups excluding carboxylic acids is 1. The standard InChI is InChI=1S/C19H21ClN4O/c1-2-7-22-19(25)13-5-8-24(9-6-13)18-14(11-21)12-23-17-4-3-15(20)10-16(17)18/h3-4,10,12-13H,2,5-9H2,1H3,(H,22,25). The lowest BCUT2D eigenvalue weighted by Gasteiger charge is -2.34. The minimum Gasteiger partial charge on any atom is -0.370 e. The summed E-state index contributed by atoms with van der Waals surface area (Å²) in [6.07, 6.45) is 4.13. The van der Waals surface area contributed by atoms with Crippen LogP contribution in [0.2, 0.25) is 5.02 Å². The Balaban J connectivity index is 1.85. The van der Waals surface area contributed by atoms with E-state index in [2.05, 4.69) is 21.3 Å². The first-order valence-electron chi connectivity index (χ1n) is 8.65. The highest BCUT2D eigenvalue weighted by atomic mass is 35.5. The maximum absolute atomic E-state index is 12.2. The number of amides is 1. The third kappa shape index (κ3) is 3.69. The molecule has 2 heterocycles. The van der Waals surface area contributed by atoms with Gasteiger partial charge in [-0.15, -0.1) is 0 Å². The maximum Gasteiger partial charge on any atom is 0.223 e. The van der Waals surface area contributed by atoms with E-state index in [4.69, 9.17) is 11.6 Å². The van der Waals surface area contributed by atoms with E-state index in [1.54, 1.807) is 12.3 Å². The summed E-state index contributed by atoms with van der Waals surface area (Å²) >= 11 is 6.16. The average molecular weight is 357 g/mol. The molecule has 2 aromatic rings. The van der Waals surface area contributed by atoms with Crippen LogP contribution in [-0.2, 0) is 4.79 Å². The predicted molar refractivity (Wildman–Crippen MR) is 99.7 cm³/mol. The number of hydrogen-bond acceptors (Lipinski definition) is 4. The molecule has 1 aliphatic heterocycles. The van der Waals surface area contributed by atoms with Gasteiger partial charge in [-0.25, -0.2) is 0 Å². The molecule has 5 nitrogen and oxygen atoms in total. The lowest BCUT2D eigenvalue weighted by Crippen LogP contribution is -2.41. The molecule has 1 aliphatic rings. The number of hydrogen-bond donors (Lipinski definition) is 1. The van der Waals surface area contributed by atoms with Crippen molar-refractivity contribution in [2.75, 3.05) is 24.5 Å². The summed E-state index contributed by atoms with van der Waals surface area (Å²) in [6.45, 7) is 4.26. The largest absolute Gasteiger partial charge is 0.370 e. The normalized spacial score (nSPS) is 15.2. The van der Waals surface area contributed by atoms with Crippen LogP contribution in [0.3, 0.4) is 0 Å². The van der Waals surface area contributed by atoms with Crippen molar-refractivity contribution in [2.24, 2.45) is 5.92 Å². The number of nitriles is 1. The Morgan fingerprint density at radius 3 is 2.88 bits per heavy atom. The molecule has 3 rings (SSSR count). The number of aromatic nitrogens is 1. The van der Waals surface area contributed by atoms with Crippen LogP contribution in [0, 0.1) is 17.2 Å². The van der Waals surface area contributed by atoms with E-state index in [-0.39, 0.29) is 11.8 Å². The van der Waals surface area contributed by atoms with Crippen LogP contribution in [-0.4, -0.2) is 30.5 Å². The number of nitrogens with zero attached hydrogens (tertiary/aromatic N) is 3. The van der Waals surface area contributed by atoms with Crippen molar-refractivity contribution in [1.82, 2.24) is 10.3 Å². The van der Waals surface area contributed by atoms with Crippen molar-refractivity contribution in [3.8, 4) is 6.07 Å². The molecule has 0 radical (unpaired) electrons. The van der Waals surface area contributed by atoms with Crippen molar-refractivity contribution < 1.29 is 4.79 Å². The van der Waals surface area contributed by atoms with E-state index in [1.807, 2.05) is 19.1 Å². The number of anilines is 1. The van der Waals surface area contributed by atoms with E-state index < -0.39 is 0 Å². The van der Waals surface area contributed by atoms with Crippen molar-refractivity contribution >= 4 is 34.1 Å². The van der Waals surface area contributed by atoms with Gasteiger partial charge in [0, 0.05) is 42.2 Å². The Morgan fingerprint density at radius 2 is 2.20 bits per heavy atom. The maximum atomic E-state index is 12.2. The number of nitrogens with one attached hydrogen (secondary N) is 1. The first-order chi connectivity index (χ1) is 12.1. The van der Waals surface area contributed by atoms with Gasteiger partial charge >= 0.3 is 0 Å². The van der Waals surface area contributed by atoms with Gasteiger partial charge in [0.25, 0.3) is 0 Å². The third-order valence-electron chi connectivity index (χ3n) is 4.65. The molecule has 0 bridgehead atoms. The van der Waals surface area contributed by atoms with Crippen molar-refractivity contribution in [1.29, 1.82) is 5.26 Å². The molecule has 1 aromatic heterocycles. The van der Waals surface area contributed by atoms with Crippen molar-refractivity contribution in [3.63, 3.8) is 0 Å². The van der Waals surface area contributed by atoms with Gasteiger partial charge in [-0.1, -0.05) is 18.5 Å². The Kier molecular flexibility index (Phi) is 5.40. The Bertz CT molecular complexity index is 822. The summed E-state index contributed by atoms with van der Waals surface area (Å²) in [5.74, 6) is 0.190. The summed E-state index contributed by atoms with van der Waals surface area (Å²) in [6, 6.07) is 7.77. The van der Waals surface area contributed by atoms with Crippen LogP contribution in [0.1, 0.15) is 31.7 Å². The molecule has 1 saturated heterocycles. The topological polar surface area (TPSA) is 69.0 Å². The summed E-state index contributed by atoms with van der Waals surface area (Å²) < 4.78 is 0. The van der Waals surface area contributed by atoms with E-state index in [1.165, 1.54) is 0 Å². The quantitative estimate of drug-likeness (QED) is 0.910. The molecule has 1 N–H and O–H groups in total. The number of piperidine rings is 1. The highest BCUT2D eigenvalue weighted by Crippen LogP contribution is 2.33. The molecule has 1 aromatic carbocycles. The lowest BCUT2D eigenvalue weighted by molar-refractivity contribution is -0.125. The van der Waals surface area contributed by atoms with Gasteiger partial charge in [-0.3, -0.25) is 9.78 Å². The van der Waals surface area contributed by atoms with E-state index in [0.29, 0.717) is 10.6 Å². The molecule has 0 aliphatic carbocycles. The molecule has 25 heavy (non-hydrogen) atoms. The summed E-state index contributed by atoms with van der Waals surface area (Å²) in [7, 11) is 0. The fraction of sp³-hybridized carbons (Fsp3) is 0.421. The summed E-state index contributed by atoms with van der Waals surface area (Å²) in [5, 5.41) is 14.0. The van der Waals surface area contributed by atoms with Crippen molar-refractivity contribution in [2.45, 2.75) is 26.2 Å². The second kappa shape index (κ2) is 7.71. The number of rotatable bonds is 4. The van der Waals surface area contributed by atoms with Gasteiger partial charge in [0.2, 0.25) is 5.91 Å². The molecule has 0 saturated carbocycles. The number of halogens is 1. The molecule has 0 atom stereocenters. The zero-order chi connectivity index (χ0) is 17.8. The Labute approximate surface area is 152 Å². The molecule has 1 fully saturated rings. The molecule has 6 heteroatoms. The number of pyridine rings is 1. The summed E-state index contributed by atoms with van der Waals surface area (Å²) in [5.41, 5.74) is 2.24. The van der Waals surface area contributed by atoms with Gasteiger partial charge in [-0.05, 0) is 37.5 Å². The van der Waals surface area contributed by atoms with Crippen LogP contribution in [0.5, 0.6) is 0 Å². The number of benzene rings is 1.